The Hall–Kier alpha value is -18.8. The van der Waals surface area contributed by atoms with E-state index in [9.17, 15) is 0 Å². The van der Waals surface area contributed by atoms with Crippen LogP contribution < -0.4 is 0 Å². The fourth-order valence-electron chi connectivity index (χ4n) is 18.8. The number of para-hydroxylation sites is 6. The molecule has 0 aliphatic carbocycles. The van der Waals surface area contributed by atoms with E-state index in [1.165, 1.54) is 27.4 Å². The summed E-state index contributed by atoms with van der Waals surface area (Å²) in [5.74, 6) is 5.52. The third kappa shape index (κ3) is 15.2. The molecule has 27 aromatic rings. The van der Waals surface area contributed by atoms with Crippen molar-refractivity contribution in [1.82, 2.24) is 49.4 Å². The molecule has 0 saturated carbocycles. The average Bonchev–Trinajstić information content (AvgIpc) is 1.36. The summed E-state index contributed by atoms with van der Waals surface area (Å²) in [6.45, 7) is 0. The highest BCUT2D eigenvalue weighted by Crippen LogP contribution is 2.46. The minimum absolute atomic E-state index is 0.595. The number of hydrogen-bond donors (Lipinski definition) is 0. The Kier molecular flexibility index (Phi) is 20.2. The van der Waals surface area contributed by atoms with Crippen LogP contribution in [0.1, 0.15) is 0 Å². The lowest BCUT2D eigenvalue weighted by molar-refractivity contribution is 0.668. The van der Waals surface area contributed by atoms with Gasteiger partial charge in [-0.3, -0.25) is 0 Å². The molecule has 14 heteroatoms. The first-order valence-electron chi connectivity index (χ1n) is 45.5. The molecule has 14 nitrogen and oxygen atoms in total. The number of fused-ring (bicyclic) bond motifs is 15. The van der Waals surface area contributed by atoms with Crippen LogP contribution in [-0.2, 0) is 0 Å². The van der Waals surface area contributed by atoms with Gasteiger partial charge in [-0.15, -0.1) is 0 Å². The van der Waals surface area contributed by atoms with Gasteiger partial charge in [-0.25, -0.2) is 44.9 Å². The first kappa shape index (κ1) is 80.3. The van der Waals surface area contributed by atoms with Crippen molar-refractivity contribution in [2.24, 2.45) is 0 Å². The maximum absolute atomic E-state index is 6.55. The number of furan rings is 4. The van der Waals surface area contributed by atoms with Gasteiger partial charge in [0.2, 0.25) is 0 Å². The summed E-state index contributed by atoms with van der Waals surface area (Å²) in [5, 5.41) is 10.6. The van der Waals surface area contributed by atoms with E-state index in [-0.39, 0.29) is 0 Å². The highest BCUT2D eigenvalue weighted by molar-refractivity contribution is 6.17. The van der Waals surface area contributed by atoms with Gasteiger partial charge >= 0.3 is 0 Å². The van der Waals surface area contributed by atoms with Gasteiger partial charge in [0.15, 0.2) is 52.4 Å². The van der Waals surface area contributed by atoms with Crippen molar-refractivity contribution in [3.63, 3.8) is 0 Å². The Morgan fingerprint density at radius 1 is 0.139 bits per heavy atom. The van der Waals surface area contributed by atoms with Gasteiger partial charge in [-0.2, -0.15) is 0 Å². The lowest BCUT2D eigenvalue weighted by Crippen LogP contribution is -2.00. The van der Waals surface area contributed by atoms with Crippen molar-refractivity contribution in [2.75, 3.05) is 0 Å². The van der Waals surface area contributed by atoms with E-state index in [4.69, 9.17) is 62.5 Å². The number of nitrogens with zero attached hydrogens (tertiary/aromatic N) is 10. The standard InChI is InChI=1S/C45H28N4O.C39H23N3O2.C39H25N3O/c1-4-14-29(15-5-1)43-46-44(30-16-6-2-7-17-30)48-45(47-43)37-27-32(28-41-42(37)35-21-11-13-23-40(35)50-41)31-24-25-39-36(26-31)34-20-10-12-22-38(34)49(39)33-18-8-3-9-19-33;1-2-10-24(11-3-1)37-40-38(42-39(41-37)30-16-9-19-35-36(30)29-15-5-7-18-33(29)44-35)27-13-8-12-25(22-27)26-20-21-34-31(23-26)28-14-4-6-17-32(28)43-34;1-4-12-26(13-5-1)27-20-22-28(23-21-27)31-24-33(36-32-18-10-11-19-34(32)43-35(36)25-31)39-41-37(29-14-6-2-7-15-29)40-38(42-39)30-16-8-3-9-17-30/h1-28H;1-23H;1-25H. The summed E-state index contributed by atoms with van der Waals surface area (Å²) in [5.41, 5.74) is 27.1. The zero-order valence-electron chi connectivity index (χ0n) is 73.5. The Labute approximate surface area is 785 Å². The van der Waals surface area contributed by atoms with Gasteiger partial charge in [0.1, 0.15) is 44.7 Å². The van der Waals surface area contributed by atoms with Gasteiger partial charge in [0.05, 0.1) is 11.0 Å². The normalized spacial score (nSPS) is 11.5. The molecule has 0 atom stereocenters. The number of hydrogen-bond acceptors (Lipinski definition) is 13. The smallest absolute Gasteiger partial charge is 0.164 e. The van der Waals surface area contributed by atoms with E-state index in [0.717, 1.165) is 182 Å². The summed E-state index contributed by atoms with van der Waals surface area (Å²) in [6.07, 6.45) is 0. The van der Waals surface area contributed by atoms with Crippen molar-refractivity contribution < 1.29 is 17.7 Å². The van der Waals surface area contributed by atoms with E-state index in [1.807, 2.05) is 249 Å². The molecule has 27 rings (SSSR count). The maximum atomic E-state index is 6.55. The largest absolute Gasteiger partial charge is 0.456 e. The zero-order valence-corrected chi connectivity index (χ0v) is 73.5. The molecule has 19 aromatic carbocycles. The molecule has 0 saturated heterocycles. The third-order valence-corrected chi connectivity index (χ3v) is 25.3. The molecule has 0 radical (unpaired) electrons. The van der Waals surface area contributed by atoms with Crippen molar-refractivity contribution in [3.8, 4) is 153 Å². The van der Waals surface area contributed by atoms with Crippen molar-refractivity contribution in [1.29, 1.82) is 0 Å². The van der Waals surface area contributed by atoms with E-state index >= 15 is 0 Å². The van der Waals surface area contributed by atoms with Crippen molar-refractivity contribution in [3.05, 3.63) is 461 Å². The molecule has 0 fully saturated rings. The second-order valence-electron chi connectivity index (χ2n) is 33.8. The highest BCUT2D eigenvalue weighted by atomic mass is 16.3. The van der Waals surface area contributed by atoms with Crippen LogP contribution in [-0.4, -0.2) is 49.4 Å². The molecule has 8 heterocycles. The summed E-state index contributed by atoms with van der Waals surface area (Å²) < 4.78 is 27.6. The van der Waals surface area contributed by atoms with Crippen LogP contribution in [0.3, 0.4) is 0 Å². The molecule has 8 aromatic heterocycles. The second kappa shape index (κ2) is 34.5. The summed E-state index contributed by atoms with van der Waals surface area (Å²) >= 11 is 0. The Morgan fingerprint density at radius 3 is 0.912 bits per heavy atom. The first-order chi connectivity index (χ1) is 67.9. The lowest BCUT2D eigenvalue weighted by atomic mass is 9.96. The quantitative estimate of drug-likeness (QED) is 0.101. The highest BCUT2D eigenvalue weighted by Gasteiger charge is 2.26. The minimum atomic E-state index is 0.595. The van der Waals surface area contributed by atoms with Crippen LogP contribution in [0.4, 0.5) is 0 Å². The van der Waals surface area contributed by atoms with Crippen LogP contribution >= 0.6 is 0 Å². The molecule has 0 spiro atoms. The summed E-state index contributed by atoms with van der Waals surface area (Å²) in [4.78, 5) is 45.3. The molecule has 0 aliphatic rings. The van der Waals surface area contributed by atoms with E-state index in [1.54, 1.807) is 0 Å². The predicted octanol–water partition coefficient (Wildman–Crippen LogP) is 32.0. The predicted molar refractivity (Wildman–Crippen MR) is 554 cm³/mol. The lowest BCUT2D eigenvalue weighted by Gasteiger charge is -2.11. The third-order valence-electron chi connectivity index (χ3n) is 25.3. The summed E-state index contributed by atoms with van der Waals surface area (Å²) in [6, 6.07) is 157. The molecular weight excluding hydrogens is 1680 g/mol. The Morgan fingerprint density at radius 2 is 0.423 bits per heavy atom. The van der Waals surface area contributed by atoms with Crippen LogP contribution in [0.15, 0.2) is 479 Å². The maximum Gasteiger partial charge on any atom is 0.164 e. The number of rotatable bonds is 14. The van der Waals surface area contributed by atoms with Crippen molar-refractivity contribution in [2.45, 2.75) is 0 Å². The van der Waals surface area contributed by atoms with Gasteiger partial charge in [0.25, 0.3) is 0 Å². The molecule has 642 valence electrons. The zero-order chi connectivity index (χ0) is 90.6. The second-order valence-corrected chi connectivity index (χ2v) is 33.8. The molecule has 0 unspecified atom stereocenters. The average molecular weight is 1760 g/mol. The molecule has 0 amide bonds. The molecule has 0 aliphatic heterocycles. The number of benzene rings is 19. The number of aromatic nitrogens is 10. The SMILES string of the molecule is c1ccc(-c2ccc(-c3cc(-c4nc(-c5ccccc5)nc(-c5ccccc5)n4)c4c(c3)oc3ccccc34)cc2)cc1.c1ccc(-c2nc(-c3cccc(-c4ccc5oc6ccccc6c5c4)c3)nc(-c3cccc4oc5ccccc5c34)n2)cc1.c1ccc(-c2nc(-c3ccccc3)nc(-c3cc(-c4ccc5c(c4)c4ccccc4n5-c4ccccc4)cc4oc5ccccc5c34)n2)cc1. The van der Waals surface area contributed by atoms with Gasteiger partial charge < -0.3 is 22.2 Å². The molecular formula is C123H76N10O4. The Bertz CT molecular complexity index is 9160. The first-order valence-corrected chi connectivity index (χ1v) is 45.5. The van der Waals surface area contributed by atoms with Crippen LogP contribution in [0.2, 0.25) is 0 Å². The molecule has 137 heavy (non-hydrogen) atoms. The van der Waals surface area contributed by atoms with Crippen LogP contribution in [0, 0.1) is 0 Å². The van der Waals surface area contributed by atoms with E-state index in [0.29, 0.717) is 52.4 Å². The van der Waals surface area contributed by atoms with Crippen LogP contribution in [0.25, 0.3) is 262 Å². The van der Waals surface area contributed by atoms with Crippen LogP contribution in [0.5, 0.6) is 0 Å². The topological polar surface area (TPSA) is 174 Å². The fourth-order valence-corrected chi connectivity index (χ4v) is 18.8. The fraction of sp³-hybridized carbons (Fsp3) is 0. The monoisotopic (exact) mass is 1760 g/mol. The minimum Gasteiger partial charge on any atom is -0.456 e. The van der Waals surface area contributed by atoms with E-state index in [2.05, 4.69) is 217 Å². The van der Waals surface area contributed by atoms with Gasteiger partial charge in [-0.1, -0.05) is 358 Å². The van der Waals surface area contributed by atoms with Crippen molar-refractivity contribution >= 4 is 110 Å². The van der Waals surface area contributed by atoms with Gasteiger partial charge in [-0.05, 0) is 148 Å². The Balaban J connectivity index is 0.000000110. The van der Waals surface area contributed by atoms with Gasteiger partial charge in [0, 0.05) is 110 Å². The van der Waals surface area contributed by atoms with E-state index < -0.39 is 0 Å². The molecule has 0 N–H and O–H groups in total. The molecule has 0 bridgehead atoms. The summed E-state index contributed by atoms with van der Waals surface area (Å²) in [7, 11) is 0.